The molecule has 0 saturated heterocycles. The minimum Gasteiger partial charge on any atom is -0.495 e. The molecule has 3 nitrogen and oxygen atoms in total. The first kappa shape index (κ1) is 19.7. The van der Waals surface area contributed by atoms with Crippen molar-refractivity contribution in [3.8, 4) is 16.9 Å². The largest absolute Gasteiger partial charge is 0.495 e. The van der Waals surface area contributed by atoms with Gasteiger partial charge in [-0.2, -0.15) is 0 Å². The molecule has 0 amide bonds. The summed E-state index contributed by atoms with van der Waals surface area (Å²) in [6, 6.07) is 19.1. The van der Waals surface area contributed by atoms with Gasteiger partial charge in [0.15, 0.2) is 0 Å². The van der Waals surface area contributed by atoms with E-state index < -0.39 is 9.05 Å². The Labute approximate surface area is 183 Å². The quantitative estimate of drug-likeness (QED) is 0.260. The maximum atomic E-state index is 12.6. The summed E-state index contributed by atoms with van der Waals surface area (Å²) in [5, 5.41) is 3.48. The summed E-state index contributed by atoms with van der Waals surface area (Å²) in [7, 11) is 3.40. The molecule has 0 aliphatic rings. The number of hydrogen-bond donors (Lipinski definition) is 0. The Morgan fingerprint density at radius 2 is 1.32 bits per heavy atom. The van der Waals surface area contributed by atoms with E-state index in [4.69, 9.17) is 15.4 Å². The third kappa shape index (κ3) is 3.22. The van der Waals surface area contributed by atoms with Crippen LogP contribution < -0.4 is 4.74 Å². The lowest BCUT2D eigenvalue weighted by atomic mass is 9.93. The molecule has 28 heavy (non-hydrogen) atoms. The van der Waals surface area contributed by atoms with E-state index in [2.05, 4.69) is 31.9 Å². The number of rotatable bonds is 3. The van der Waals surface area contributed by atoms with Crippen LogP contribution in [0.3, 0.4) is 0 Å². The average molecular weight is 541 g/mol. The van der Waals surface area contributed by atoms with E-state index in [9.17, 15) is 8.42 Å². The molecule has 4 aromatic rings. The minimum absolute atomic E-state index is 0.0226. The maximum Gasteiger partial charge on any atom is 0.263 e. The normalized spacial score (nSPS) is 11.9. The Morgan fingerprint density at radius 3 is 1.86 bits per heavy atom. The highest BCUT2D eigenvalue weighted by Gasteiger charge is 2.27. The monoisotopic (exact) mass is 538 g/mol. The first-order chi connectivity index (χ1) is 13.3. The maximum absolute atomic E-state index is 12.6. The van der Waals surface area contributed by atoms with E-state index in [1.54, 1.807) is 13.2 Å². The lowest BCUT2D eigenvalue weighted by Gasteiger charge is -2.19. The van der Waals surface area contributed by atoms with Gasteiger partial charge in [-0.15, -0.1) is 0 Å². The van der Waals surface area contributed by atoms with Gasteiger partial charge in [-0.3, -0.25) is 0 Å². The third-order valence-electron chi connectivity index (χ3n) is 4.61. The molecule has 0 aromatic heterocycles. The lowest BCUT2D eigenvalue weighted by Crippen LogP contribution is -2.00. The highest BCUT2D eigenvalue weighted by Crippen LogP contribution is 2.49. The molecule has 0 aliphatic carbocycles. The van der Waals surface area contributed by atoms with Crippen molar-refractivity contribution in [1.29, 1.82) is 0 Å². The third-order valence-corrected chi connectivity index (χ3v) is 7.46. The smallest absolute Gasteiger partial charge is 0.263 e. The van der Waals surface area contributed by atoms with Crippen molar-refractivity contribution in [2.24, 2.45) is 0 Å². The number of hydrogen-bond acceptors (Lipinski definition) is 3. The van der Waals surface area contributed by atoms with E-state index >= 15 is 0 Å². The van der Waals surface area contributed by atoms with Crippen LogP contribution in [0, 0.1) is 0 Å². The Bertz CT molecular complexity index is 1350. The molecule has 0 N–H and O–H groups in total. The fraction of sp³-hybridized carbons (Fsp3) is 0.0476. The highest BCUT2D eigenvalue weighted by atomic mass is 79.9. The number of methoxy groups -OCH3 is 1. The molecule has 142 valence electrons. The van der Waals surface area contributed by atoms with Crippen LogP contribution in [0.25, 0.3) is 32.7 Å². The first-order valence-electron chi connectivity index (χ1n) is 8.24. The summed E-state index contributed by atoms with van der Waals surface area (Å²) in [6.07, 6.45) is 0. The van der Waals surface area contributed by atoms with Crippen molar-refractivity contribution in [1.82, 2.24) is 0 Å². The zero-order valence-electron chi connectivity index (χ0n) is 14.5. The van der Waals surface area contributed by atoms with Crippen LogP contribution in [0.2, 0.25) is 0 Å². The summed E-state index contributed by atoms with van der Waals surface area (Å²) < 4.78 is 32.0. The molecule has 0 spiro atoms. The topological polar surface area (TPSA) is 43.4 Å². The van der Waals surface area contributed by atoms with E-state index in [1.807, 2.05) is 54.6 Å². The molecule has 7 heteroatoms. The molecule has 4 rings (SSSR count). The van der Waals surface area contributed by atoms with Crippen molar-refractivity contribution in [3.05, 3.63) is 69.6 Å². The molecule has 4 aromatic carbocycles. The van der Waals surface area contributed by atoms with E-state index in [0.717, 1.165) is 26.0 Å². The fourth-order valence-corrected chi connectivity index (χ4v) is 6.72. The van der Waals surface area contributed by atoms with Crippen LogP contribution in [0.5, 0.6) is 5.75 Å². The van der Waals surface area contributed by atoms with Gasteiger partial charge in [0, 0.05) is 26.3 Å². The van der Waals surface area contributed by atoms with Crippen LogP contribution in [-0.4, -0.2) is 15.5 Å². The summed E-state index contributed by atoms with van der Waals surface area (Å²) in [5.41, 5.74) is 1.18. The Balaban J connectivity index is 2.35. The lowest BCUT2D eigenvalue weighted by molar-refractivity contribution is 0.414. The van der Waals surface area contributed by atoms with Crippen LogP contribution in [-0.2, 0) is 9.05 Å². The summed E-state index contributed by atoms with van der Waals surface area (Å²) in [5.74, 6) is 0.545. The van der Waals surface area contributed by atoms with Crippen molar-refractivity contribution >= 4 is 73.1 Å². The van der Waals surface area contributed by atoms with Crippen LogP contribution in [0.15, 0.2) is 74.5 Å². The summed E-state index contributed by atoms with van der Waals surface area (Å²) in [4.78, 5) is 0.0226. The molecule has 0 bridgehead atoms. The van der Waals surface area contributed by atoms with Crippen molar-refractivity contribution < 1.29 is 13.2 Å². The highest BCUT2D eigenvalue weighted by molar-refractivity contribution is 9.10. The standard InChI is InChI=1S/C21H13Br2ClO3S/c1-27-20-16(22)10-12-6-2-4-8-14(12)18(20)19-15-9-5-3-7-13(15)11-17(23)21(19)28(24,25)26/h2-11H,1H3. The predicted molar refractivity (Wildman–Crippen MR) is 122 cm³/mol. The number of benzene rings is 4. The van der Waals surface area contributed by atoms with Gasteiger partial charge < -0.3 is 4.74 Å². The van der Waals surface area contributed by atoms with Crippen LogP contribution in [0.1, 0.15) is 0 Å². The minimum atomic E-state index is -4.06. The second-order valence-electron chi connectivity index (χ2n) is 6.21. The van der Waals surface area contributed by atoms with Crippen LogP contribution >= 0.6 is 42.5 Å². The fourth-order valence-electron chi connectivity index (χ4n) is 3.52. The van der Waals surface area contributed by atoms with E-state index in [-0.39, 0.29) is 4.90 Å². The molecule has 0 saturated carbocycles. The Kier molecular flexibility index (Phi) is 5.16. The zero-order chi connectivity index (χ0) is 20.1. The van der Waals surface area contributed by atoms with Gasteiger partial charge in [0.1, 0.15) is 10.6 Å². The van der Waals surface area contributed by atoms with Gasteiger partial charge in [0.05, 0.1) is 11.6 Å². The van der Waals surface area contributed by atoms with Gasteiger partial charge in [0.2, 0.25) is 0 Å². The second-order valence-corrected chi connectivity index (χ2v) is 10.4. The van der Waals surface area contributed by atoms with Gasteiger partial charge >= 0.3 is 0 Å². The molecule has 0 aliphatic heterocycles. The molecule has 0 heterocycles. The van der Waals surface area contributed by atoms with Crippen LogP contribution in [0.4, 0.5) is 0 Å². The van der Waals surface area contributed by atoms with Crippen molar-refractivity contribution in [2.45, 2.75) is 4.90 Å². The van der Waals surface area contributed by atoms with Gasteiger partial charge in [-0.25, -0.2) is 8.42 Å². The SMILES string of the molecule is COc1c(Br)cc2ccccc2c1-c1c(S(=O)(=O)Cl)c(Br)cc2ccccc12. The first-order valence-corrected chi connectivity index (χ1v) is 12.1. The second kappa shape index (κ2) is 7.34. The van der Waals surface area contributed by atoms with Crippen molar-refractivity contribution in [3.63, 3.8) is 0 Å². The van der Waals surface area contributed by atoms with Gasteiger partial charge in [-0.1, -0.05) is 48.5 Å². The summed E-state index contributed by atoms with van der Waals surface area (Å²) in [6.45, 7) is 0. The number of ether oxygens (including phenoxy) is 1. The molecule has 0 radical (unpaired) electrons. The van der Waals surface area contributed by atoms with Gasteiger partial charge in [0.25, 0.3) is 9.05 Å². The molecular formula is C21H13Br2ClO3S. The average Bonchev–Trinajstić information content (AvgIpc) is 2.65. The molecule has 0 fully saturated rings. The number of fused-ring (bicyclic) bond motifs is 2. The molecule has 0 unspecified atom stereocenters. The van der Waals surface area contributed by atoms with Gasteiger partial charge in [-0.05, 0) is 65.5 Å². The number of halogens is 3. The zero-order valence-corrected chi connectivity index (χ0v) is 19.3. The van der Waals surface area contributed by atoms with E-state index in [1.165, 1.54) is 0 Å². The molecule has 0 atom stereocenters. The molecular weight excluding hydrogens is 528 g/mol. The van der Waals surface area contributed by atoms with Crippen molar-refractivity contribution in [2.75, 3.05) is 7.11 Å². The summed E-state index contributed by atoms with van der Waals surface area (Å²) >= 11 is 6.98. The Morgan fingerprint density at radius 1 is 0.821 bits per heavy atom. The van der Waals surface area contributed by atoms with E-state index in [0.29, 0.717) is 21.3 Å². The predicted octanol–water partition coefficient (Wildman–Crippen LogP) is 7.12. The Hall–Kier alpha value is -1.60.